The van der Waals surface area contributed by atoms with Gasteiger partial charge in [0, 0.05) is 29.5 Å². The fourth-order valence-corrected chi connectivity index (χ4v) is 4.49. The summed E-state index contributed by atoms with van der Waals surface area (Å²) < 4.78 is 1.13. The van der Waals surface area contributed by atoms with E-state index in [1.54, 1.807) is 0 Å². The first-order valence-corrected chi connectivity index (χ1v) is 9.71. The fraction of sp³-hybridized carbons (Fsp3) is 0.381. The average Bonchev–Trinajstić information content (AvgIpc) is 3.04. The number of hydrogen-bond donors (Lipinski definition) is 1. The Hall–Kier alpha value is -1.65. The third-order valence-electron chi connectivity index (χ3n) is 5.60. The summed E-state index contributed by atoms with van der Waals surface area (Å²) in [4.78, 5) is 15.0. The van der Waals surface area contributed by atoms with Crippen LogP contribution in [0.5, 0.6) is 0 Å². The Balaban J connectivity index is 1.36. The van der Waals surface area contributed by atoms with E-state index in [0.717, 1.165) is 30.3 Å². The van der Waals surface area contributed by atoms with Crippen LogP contribution in [-0.4, -0.2) is 30.4 Å². The molecule has 2 aliphatic rings. The Morgan fingerprint density at radius 3 is 2.52 bits per heavy atom. The molecule has 4 heteroatoms. The number of hydrogen-bond acceptors (Lipinski definition) is 2. The highest BCUT2D eigenvalue weighted by atomic mass is 79.9. The zero-order chi connectivity index (χ0) is 17.4. The van der Waals surface area contributed by atoms with Gasteiger partial charge in [-0.3, -0.25) is 9.69 Å². The Morgan fingerprint density at radius 1 is 1.08 bits per heavy atom. The molecule has 1 heterocycles. The van der Waals surface area contributed by atoms with Crippen LogP contribution in [0.25, 0.3) is 0 Å². The van der Waals surface area contributed by atoms with Gasteiger partial charge in [0.2, 0.25) is 5.91 Å². The Labute approximate surface area is 157 Å². The first kappa shape index (κ1) is 16.8. The molecule has 3 nitrogen and oxygen atoms in total. The maximum atomic E-state index is 12.6. The second kappa shape index (κ2) is 6.93. The Bertz CT molecular complexity index is 779. The van der Waals surface area contributed by atoms with E-state index in [9.17, 15) is 4.79 Å². The van der Waals surface area contributed by atoms with Crippen LogP contribution >= 0.6 is 15.9 Å². The summed E-state index contributed by atoms with van der Waals surface area (Å²) in [6.45, 7) is 1.66. The molecule has 130 valence electrons. The van der Waals surface area contributed by atoms with Gasteiger partial charge in [0.1, 0.15) is 0 Å². The zero-order valence-corrected chi connectivity index (χ0v) is 16.1. The molecule has 4 rings (SSSR count). The van der Waals surface area contributed by atoms with Crippen molar-refractivity contribution < 1.29 is 4.79 Å². The summed E-state index contributed by atoms with van der Waals surface area (Å²) in [5.74, 6) is 0.289. The van der Waals surface area contributed by atoms with Crippen LogP contribution in [0.2, 0.25) is 0 Å². The molecule has 1 atom stereocenters. The summed E-state index contributed by atoms with van der Waals surface area (Å²) in [6, 6.07) is 15.3. The van der Waals surface area contributed by atoms with E-state index in [1.807, 2.05) is 0 Å². The Morgan fingerprint density at radius 2 is 1.80 bits per heavy atom. The van der Waals surface area contributed by atoms with Gasteiger partial charge in [0.25, 0.3) is 0 Å². The van der Waals surface area contributed by atoms with Gasteiger partial charge in [-0.05, 0) is 60.7 Å². The van der Waals surface area contributed by atoms with Gasteiger partial charge in [0.05, 0.1) is 0 Å². The molecule has 2 aromatic rings. The standard InChI is InChI=1S/C21H23BrN2O/c1-24-13-16-6-7-19(22)10-17(16)11-20(24)12-23-21(25)18-8-14-4-2-3-5-15(14)9-18/h2-7,10,18,20H,8-9,11-13H2,1H3,(H,23,25)/t20-/m0/s1. The molecule has 0 radical (unpaired) electrons. The topological polar surface area (TPSA) is 32.3 Å². The molecule has 2 aromatic carbocycles. The van der Waals surface area contributed by atoms with Crippen molar-refractivity contribution in [3.63, 3.8) is 0 Å². The van der Waals surface area contributed by atoms with E-state index in [0.29, 0.717) is 12.6 Å². The lowest BCUT2D eigenvalue weighted by Gasteiger charge is -2.34. The van der Waals surface area contributed by atoms with E-state index in [4.69, 9.17) is 0 Å². The van der Waals surface area contributed by atoms with Crippen LogP contribution in [0.1, 0.15) is 22.3 Å². The van der Waals surface area contributed by atoms with Gasteiger partial charge in [-0.15, -0.1) is 0 Å². The minimum absolute atomic E-state index is 0.0905. The Kier molecular flexibility index (Phi) is 4.65. The number of amides is 1. The molecule has 1 aliphatic carbocycles. The van der Waals surface area contributed by atoms with Crippen LogP contribution in [0.3, 0.4) is 0 Å². The van der Waals surface area contributed by atoms with Gasteiger partial charge in [-0.1, -0.05) is 46.3 Å². The van der Waals surface area contributed by atoms with Crippen molar-refractivity contribution in [3.05, 3.63) is 69.2 Å². The second-order valence-electron chi connectivity index (χ2n) is 7.31. The molecule has 1 aliphatic heterocycles. The molecule has 0 saturated carbocycles. The summed E-state index contributed by atoms with van der Waals surface area (Å²) in [5.41, 5.74) is 5.44. The smallest absolute Gasteiger partial charge is 0.223 e. The molecule has 0 unspecified atom stereocenters. The first-order chi connectivity index (χ1) is 12.1. The minimum Gasteiger partial charge on any atom is -0.354 e. The van der Waals surface area contributed by atoms with Crippen LogP contribution in [0.15, 0.2) is 46.9 Å². The minimum atomic E-state index is 0.0905. The quantitative estimate of drug-likeness (QED) is 0.859. The van der Waals surface area contributed by atoms with Gasteiger partial charge >= 0.3 is 0 Å². The SMILES string of the molecule is CN1Cc2ccc(Br)cc2C[C@H]1CNC(=O)C1Cc2ccccc2C1. The lowest BCUT2D eigenvalue weighted by atomic mass is 9.94. The first-order valence-electron chi connectivity index (χ1n) is 8.92. The number of halogens is 1. The number of carbonyl (C=O) groups excluding carboxylic acids is 1. The number of fused-ring (bicyclic) bond motifs is 2. The monoisotopic (exact) mass is 398 g/mol. The highest BCUT2D eigenvalue weighted by Gasteiger charge is 2.29. The molecule has 0 aromatic heterocycles. The van der Waals surface area contributed by atoms with Crippen molar-refractivity contribution >= 4 is 21.8 Å². The zero-order valence-electron chi connectivity index (χ0n) is 14.5. The van der Waals surface area contributed by atoms with E-state index in [-0.39, 0.29) is 11.8 Å². The average molecular weight is 399 g/mol. The summed E-state index contributed by atoms with van der Waals surface area (Å²) in [6.07, 6.45) is 2.73. The van der Waals surface area contributed by atoms with Crippen molar-refractivity contribution in [1.29, 1.82) is 0 Å². The van der Waals surface area contributed by atoms with Gasteiger partial charge in [0.15, 0.2) is 0 Å². The van der Waals surface area contributed by atoms with E-state index < -0.39 is 0 Å². The predicted molar refractivity (Wildman–Crippen MR) is 103 cm³/mol. The van der Waals surface area contributed by atoms with E-state index in [1.165, 1.54) is 22.3 Å². The molecule has 1 N–H and O–H groups in total. The number of benzene rings is 2. The third-order valence-corrected chi connectivity index (χ3v) is 6.09. The van der Waals surface area contributed by atoms with Gasteiger partial charge in [-0.2, -0.15) is 0 Å². The summed E-state index contributed by atoms with van der Waals surface area (Å²) in [7, 11) is 2.15. The van der Waals surface area contributed by atoms with E-state index in [2.05, 4.69) is 75.7 Å². The molecular weight excluding hydrogens is 376 g/mol. The van der Waals surface area contributed by atoms with Crippen LogP contribution < -0.4 is 5.32 Å². The van der Waals surface area contributed by atoms with Crippen molar-refractivity contribution in [1.82, 2.24) is 10.2 Å². The lowest BCUT2D eigenvalue weighted by Crippen LogP contribution is -2.46. The maximum absolute atomic E-state index is 12.6. The largest absolute Gasteiger partial charge is 0.354 e. The number of nitrogens with one attached hydrogen (secondary N) is 1. The summed E-state index contributed by atoms with van der Waals surface area (Å²) >= 11 is 3.56. The molecule has 1 amide bonds. The number of rotatable bonds is 3. The van der Waals surface area contributed by atoms with Crippen molar-refractivity contribution in [3.8, 4) is 0 Å². The molecule has 25 heavy (non-hydrogen) atoms. The van der Waals surface area contributed by atoms with E-state index >= 15 is 0 Å². The van der Waals surface area contributed by atoms with Crippen molar-refractivity contribution in [2.24, 2.45) is 5.92 Å². The number of nitrogens with zero attached hydrogens (tertiary/aromatic N) is 1. The highest BCUT2D eigenvalue weighted by molar-refractivity contribution is 9.10. The predicted octanol–water partition coefficient (Wildman–Crippen LogP) is 3.34. The highest BCUT2D eigenvalue weighted by Crippen LogP contribution is 2.27. The maximum Gasteiger partial charge on any atom is 0.223 e. The lowest BCUT2D eigenvalue weighted by molar-refractivity contribution is -0.125. The molecule has 0 fully saturated rings. The third kappa shape index (κ3) is 3.51. The number of likely N-dealkylation sites (N-methyl/N-ethyl adjacent to an activating group) is 1. The molecule has 0 saturated heterocycles. The van der Waals surface area contributed by atoms with Gasteiger partial charge < -0.3 is 5.32 Å². The summed E-state index contributed by atoms with van der Waals surface area (Å²) in [5, 5.41) is 3.21. The van der Waals surface area contributed by atoms with Gasteiger partial charge in [-0.25, -0.2) is 0 Å². The normalized spacial score (nSPS) is 20.2. The second-order valence-corrected chi connectivity index (χ2v) is 8.22. The van der Waals surface area contributed by atoms with Crippen molar-refractivity contribution in [2.75, 3.05) is 13.6 Å². The van der Waals surface area contributed by atoms with Crippen molar-refractivity contribution in [2.45, 2.75) is 31.8 Å². The molecular formula is C21H23BrN2O. The fourth-order valence-electron chi connectivity index (χ4n) is 4.08. The van der Waals surface area contributed by atoms with Crippen LogP contribution in [-0.2, 0) is 30.6 Å². The van der Waals surface area contributed by atoms with Crippen LogP contribution in [0.4, 0.5) is 0 Å². The van der Waals surface area contributed by atoms with Crippen LogP contribution in [0, 0.1) is 5.92 Å². The number of carbonyl (C=O) groups is 1. The molecule has 0 spiro atoms. The molecule has 0 bridgehead atoms.